The number of amides is 4. The summed E-state index contributed by atoms with van der Waals surface area (Å²) in [7, 11) is 2.12. The highest BCUT2D eigenvalue weighted by Gasteiger charge is 2.27. The molecule has 0 saturated heterocycles. The lowest BCUT2D eigenvalue weighted by Crippen LogP contribution is -2.39. The van der Waals surface area contributed by atoms with E-state index in [0.29, 0.717) is 90.6 Å². The van der Waals surface area contributed by atoms with Gasteiger partial charge in [0.25, 0.3) is 0 Å². The van der Waals surface area contributed by atoms with Crippen LogP contribution in [0.15, 0.2) is 76.5 Å². The second kappa shape index (κ2) is 28.6. The number of halogens is 2. The standard InChI is InChI=1S/C40H57Cl2N7O6S2/c1-49-29-36(35-27-32(41)28-38(42)37(35)30-49)31-8-7-11-34(26-31)57-48-17-21-55-25-23-53-19-15-46-40(51)44-13-6-5-12-43-39(50)45-14-18-52-22-24-54-20-16-47-56-33-9-3-2-4-10-33/h2-4,7-11,26-28,36,47-48H,5-6,12-25,29-30H2,1H3,(H2,43,45,50)(H2,44,46,51). The predicted molar refractivity (Wildman–Crippen MR) is 231 cm³/mol. The average Bonchev–Trinajstić information content (AvgIpc) is 3.20. The predicted octanol–water partition coefficient (Wildman–Crippen LogP) is 5.91. The number of fused-ring (bicyclic) bond motifs is 1. The summed E-state index contributed by atoms with van der Waals surface area (Å²) in [6.07, 6.45) is 1.48. The molecule has 3 aromatic rings. The van der Waals surface area contributed by atoms with Crippen molar-refractivity contribution < 1.29 is 28.5 Å². The van der Waals surface area contributed by atoms with E-state index in [1.807, 2.05) is 42.5 Å². The molecule has 0 bridgehead atoms. The van der Waals surface area contributed by atoms with E-state index in [9.17, 15) is 9.59 Å². The number of carbonyl (C=O) groups excluding carboxylic acids is 2. The van der Waals surface area contributed by atoms with Gasteiger partial charge in [-0.25, -0.2) is 9.59 Å². The summed E-state index contributed by atoms with van der Waals surface area (Å²) >= 11 is 16.1. The molecule has 6 N–H and O–H groups in total. The molecule has 13 nitrogen and oxygen atoms in total. The minimum atomic E-state index is -0.247. The third-order valence-corrected chi connectivity index (χ3v) is 10.8. The van der Waals surface area contributed by atoms with Crippen molar-refractivity contribution in [3.63, 3.8) is 0 Å². The van der Waals surface area contributed by atoms with Gasteiger partial charge in [0.05, 0.1) is 52.9 Å². The first-order valence-corrected chi connectivity index (χ1v) is 21.7. The molecule has 0 aromatic heterocycles. The third-order valence-electron chi connectivity index (χ3n) is 8.56. The minimum absolute atomic E-state index is 0.197. The zero-order valence-electron chi connectivity index (χ0n) is 32.6. The van der Waals surface area contributed by atoms with Crippen molar-refractivity contribution in [2.75, 3.05) is 106 Å². The quantitative estimate of drug-likeness (QED) is 0.0383. The molecule has 1 aliphatic rings. The van der Waals surface area contributed by atoms with E-state index in [0.717, 1.165) is 52.9 Å². The first-order valence-electron chi connectivity index (χ1n) is 19.3. The number of hydrogen-bond acceptors (Lipinski definition) is 11. The van der Waals surface area contributed by atoms with Gasteiger partial charge >= 0.3 is 12.1 Å². The maximum absolute atomic E-state index is 12.0. The first-order chi connectivity index (χ1) is 27.9. The van der Waals surface area contributed by atoms with Crippen LogP contribution in [-0.4, -0.2) is 123 Å². The monoisotopic (exact) mass is 865 g/mol. The number of nitrogens with zero attached hydrogens (tertiary/aromatic N) is 1. The Morgan fingerprint density at radius 2 is 1.18 bits per heavy atom. The van der Waals surface area contributed by atoms with Crippen LogP contribution in [0.1, 0.15) is 35.4 Å². The van der Waals surface area contributed by atoms with Crippen molar-refractivity contribution >= 4 is 59.2 Å². The highest BCUT2D eigenvalue weighted by molar-refractivity contribution is 7.97. The van der Waals surface area contributed by atoms with Crippen LogP contribution < -0.4 is 30.7 Å². The summed E-state index contributed by atoms with van der Waals surface area (Å²) in [5.74, 6) is 0.197. The van der Waals surface area contributed by atoms with E-state index >= 15 is 0 Å². The molecule has 0 spiro atoms. The fraction of sp³-hybridized carbons (Fsp3) is 0.500. The number of carbonyl (C=O) groups is 2. The summed E-state index contributed by atoms with van der Waals surface area (Å²) in [6.45, 7) is 8.80. The average molecular weight is 867 g/mol. The van der Waals surface area contributed by atoms with Crippen LogP contribution in [0.4, 0.5) is 9.59 Å². The number of unbranched alkanes of at least 4 members (excludes halogenated alkanes) is 1. The van der Waals surface area contributed by atoms with E-state index in [2.05, 4.69) is 66.9 Å². The second-order valence-electron chi connectivity index (χ2n) is 13.1. The van der Waals surface area contributed by atoms with Crippen molar-refractivity contribution in [3.05, 3.63) is 93.5 Å². The number of ether oxygens (including phenoxy) is 4. The van der Waals surface area contributed by atoms with E-state index in [1.54, 1.807) is 23.9 Å². The molecule has 1 heterocycles. The van der Waals surface area contributed by atoms with E-state index in [1.165, 1.54) is 11.1 Å². The summed E-state index contributed by atoms with van der Waals surface area (Å²) in [5.41, 5.74) is 3.58. The second-order valence-corrected chi connectivity index (χ2v) is 15.9. The molecule has 0 aliphatic carbocycles. The van der Waals surface area contributed by atoms with Gasteiger partial charge in [0.15, 0.2) is 0 Å². The summed E-state index contributed by atoms with van der Waals surface area (Å²) in [4.78, 5) is 28.5. The van der Waals surface area contributed by atoms with Crippen LogP contribution in [-0.2, 0) is 25.5 Å². The largest absolute Gasteiger partial charge is 0.378 e. The fourth-order valence-corrected chi connectivity index (χ4v) is 7.71. The number of hydrogen-bond donors (Lipinski definition) is 6. The Morgan fingerprint density at radius 3 is 1.77 bits per heavy atom. The molecule has 57 heavy (non-hydrogen) atoms. The van der Waals surface area contributed by atoms with Crippen molar-refractivity contribution in [3.8, 4) is 0 Å². The van der Waals surface area contributed by atoms with E-state index in [-0.39, 0.29) is 18.0 Å². The van der Waals surface area contributed by atoms with Crippen molar-refractivity contribution in [1.82, 2.24) is 35.6 Å². The zero-order chi connectivity index (χ0) is 40.3. The van der Waals surface area contributed by atoms with E-state index in [4.69, 9.17) is 42.1 Å². The van der Waals surface area contributed by atoms with Gasteiger partial charge in [0, 0.05) is 78.1 Å². The Bertz CT molecular complexity index is 1600. The fourth-order valence-electron chi connectivity index (χ4n) is 5.81. The van der Waals surface area contributed by atoms with Crippen molar-refractivity contribution in [2.45, 2.75) is 35.1 Å². The van der Waals surface area contributed by atoms with Crippen LogP contribution >= 0.6 is 47.1 Å². The molecular formula is C40H57Cl2N7O6S2. The van der Waals surface area contributed by atoms with Crippen LogP contribution in [0, 0.1) is 0 Å². The molecule has 17 heteroatoms. The molecule has 0 fully saturated rings. The number of nitrogens with one attached hydrogen (secondary N) is 6. The van der Waals surface area contributed by atoms with Crippen LogP contribution in [0.5, 0.6) is 0 Å². The molecule has 1 aliphatic heterocycles. The highest BCUT2D eigenvalue weighted by atomic mass is 35.5. The van der Waals surface area contributed by atoms with Gasteiger partial charge in [0.1, 0.15) is 0 Å². The minimum Gasteiger partial charge on any atom is -0.378 e. The zero-order valence-corrected chi connectivity index (χ0v) is 35.8. The smallest absolute Gasteiger partial charge is 0.314 e. The van der Waals surface area contributed by atoms with Gasteiger partial charge in [0.2, 0.25) is 0 Å². The number of rotatable bonds is 28. The highest BCUT2D eigenvalue weighted by Crippen LogP contribution is 2.39. The Hall–Kier alpha value is -2.80. The van der Waals surface area contributed by atoms with Crippen molar-refractivity contribution in [2.24, 2.45) is 0 Å². The lowest BCUT2D eigenvalue weighted by Gasteiger charge is -2.33. The number of likely N-dealkylation sites (N-methyl/N-ethyl adjacent to an activating group) is 1. The molecule has 0 saturated carbocycles. The maximum Gasteiger partial charge on any atom is 0.314 e. The van der Waals surface area contributed by atoms with Gasteiger partial charge in [-0.2, -0.15) is 0 Å². The van der Waals surface area contributed by atoms with Gasteiger partial charge in [-0.3, -0.25) is 9.44 Å². The van der Waals surface area contributed by atoms with E-state index < -0.39 is 0 Å². The lowest BCUT2D eigenvalue weighted by atomic mass is 9.85. The molecular weight excluding hydrogens is 810 g/mol. The Labute approximate surface area is 356 Å². The number of urea groups is 2. The first kappa shape index (κ1) is 46.9. The topological polar surface area (TPSA) is 146 Å². The van der Waals surface area contributed by atoms with Gasteiger partial charge in [-0.15, -0.1) is 0 Å². The summed E-state index contributed by atoms with van der Waals surface area (Å²) < 4.78 is 28.9. The van der Waals surface area contributed by atoms with Gasteiger partial charge in [-0.05, 0) is 96.9 Å². The molecule has 1 atom stereocenters. The molecule has 3 aromatic carbocycles. The van der Waals surface area contributed by atoms with Crippen LogP contribution in [0.2, 0.25) is 10.0 Å². The van der Waals surface area contributed by atoms with Crippen LogP contribution in [0.25, 0.3) is 0 Å². The summed E-state index contributed by atoms with van der Waals surface area (Å²) in [5, 5.41) is 12.5. The molecule has 4 amide bonds. The Balaban J connectivity index is 0.877. The SMILES string of the molecule is CN1Cc2c(Cl)cc(Cl)cc2C(c2cccc(SNCCOCCOCCNC(=O)NCCCCNC(=O)NCCOCCOCCNSc3ccccc3)c2)C1. The Kier molecular flexibility index (Phi) is 23.5. The summed E-state index contributed by atoms with van der Waals surface area (Å²) in [6, 6.07) is 22.0. The third kappa shape index (κ3) is 19.7. The molecule has 0 radical (unpaired) electrons. The molecule has 1 unspecified atom stereocenters. The van der Waals surface area contributed by atoms with Gasteiger partial charge in [-0.1, -0.05) is 53.5 Å². The lowest BCUT2D eigenvalue weighted by molar-refractivity contribution is 0.0517. The van der Waals surface area contributed by atoms with Gasteiger partial charge < -0.3 is 45.1 Å². The maximum atomic E-state index is 12.0. The van der Waals surface area contributed by atoms with Crippen molar-refractivity contribution in [1.29, 1.82) is 0 Å². The Morgan fingerprint density at radius 1 is 0.649 bits per heavy atom. The molecule has 314 valence electrons. The van der Waals surface area contributed by atoms with Crippen LogP contribution in [0.3, 0.4) is 0 Å². The number of benzene rings is 3. The normalized spacial score (nSPS) is 13.9. The molecule has 4 rings (SSSR count).